The zero-order valence-corrected chi connectivity index (χ0v) is 28.8. The average molecular weight is 675 g/mol. The van der Waals surface area contributed by atoms with E-state index in [1.54, 1.807) is 0 Å². The molecule has 0 fully saturated rings. The lowest BCUT2D eigenvalue weighted by Gasteiger charge is -2.33. The van der Waals surface area contributed by atoms with Gasteiger partial charge in [0.05, 0.1) is 0 Å². The smallest absolute Gasteiger partial charge is 0.260 e. The molecule has 2 heterocycles. The SMILES string of the molecule is c1ccc(-c2cccc(-c3c4ccccc4c(-c4ccccc4-c4ccc5c(c4)Oc4cccc6c4B5c4ccccc4O6)c4ccccc34)c2)cc1. The van der Waals surface area contributed by atoms with Gasteiger partial charge in [0.15, 0.2) is 0 Å². The Morgan fingerprint density at radius 2 is 0.830 bits per heavy atom. The zero-order valence-electron chi connectivity index (χ0n) is 28.8. The molecular formula is C50H31BO2. The van der Waals surface area contributed by atoms with Crippen LogP contribution in [0.15, 0.2) is 188 Å². The minimum atomic E-state index is 0.0417. The molecule has 0 radical (unpaired) electrons. The Kier molecular flexibility index (Phi) is 6.68. The van der Waals surface area contributed by atoms with Crippen molar-refractivity contribution in [2.24, 2.45) is 0 Å². The summed E-state index contributed by atoms with van der Waals surface area (Å²) in [6.45, 7) is 0.0417. The Morgan fingerprint density at radius 1 is 0.302 bits per heavy atom. The summed E-state index contributed by atoms with van der Waals surface area (Å²) in [7, 11) is 0. The first-order chi connectivity index (χ1) is 26.3. The molecule has 11 rings (SSSR count). The number of hydrogen-bond donors (Lipinski definition) is 0. The lowest BCUT2D eigenvalue weighted by molar-refractivity contribution is 0.464. The van der Waals surface area contributed by atoms with Crippen molar-refractivity contribution in [2.75, 3.05) is 0 Å². The summed E-state index contributed by atoms with van der Waals surface area (Å²) in [5.74, 6) is 3.49. The topological polar surface area (TPSA) is 18.5 Å². The third kappa shape index (κ3) is 4.68. The standard InChI is InChI=1S/C50H31BO2/c1-2-14-32(15-3-1)33-16-12-17-35(30-33)48-38-20-6-8-22-40(38)49(41-23-9-7-21-39(41)48)37-19-5-4-18-36(37)34-28-29-43-47(31-34)53-46-27-13-26-45-50(46)51(43)42-24-10-11-25-44(42)52-45/h1-31H. The van der Waals surface area contributed by atoms with Crippen molar-refractivity contribution in [2.45, 2.75) is 0 Å². The van der Waals surface area contributed by atoms with Crippen molar-refractivity contribution in [3.8, 4) is 67.5 Å². The van der Waals surface area contributed by atoms with Gasteiger partial charge >= 0.3 is 0 Å². The molecular weight excluding hydrogens is 643 g/mol. The van der Waals surface area contributed by atoms with Crippen LogP contribution < -0.4 is 25.9 Å². The number of fused-ring (bicyclic) bond motifs is 6. The normalized spacial score (nSPS) is 12.4. The number of ether oxygens (including phenoxy) is 2. The minimum Gasteiger partial charge on any atom is -0.458 e. The van der Waals surface area contributed by atoms with Crippen LogP contribution in [0.25, 0.3) is 66.1 Å². The van der Waals surface area contributed by atoms with E-state index in [-0.39, 0.29) is 6.71 Å². The second-order valence-corrected chi connectivity index (χ2v) is 13.9. The highest BCUT2D eigenvalue weighted by atomic mass is 16.5. The molecule has 0 saturated heterocycles. The molecule has 3 heteroatoms. The van der Waals surface area contributed by atoms with Crippen molar-refractivity contribution in [3.05, 3.63) is 188 Å². The fourth-order valence-electron chi connectivity index (χ4n) is 8.71. The minimum absolute atomic E-state index is 0.0417. The maximum absolute atomic E-state index is 6.71. The van der Waals surface area contributed by atoms with Crippen molar-refractivity contribution in [1.29, 1.82) is 0 Å². The van der Waals surface area contributed by atoms with E-state index in [1.165, 1.54) is 60.5 Å². The average Bonchev–Trinajstić information content (AvgIpc) is 3.23. The summed E-state index contributed by atoms with van der Waals surface area (Å²) in [5.41, 5.74) is 13.0. The Bertz CT molecular complexity index is 2850. The largest absolute Gasteiger partial charge is 0.458 e. The Labute approximate surface area is 308 Å². The molecule has 0 bridgehead atoms. The summed E-state index contributed by atoms with van der Waals surface area (Å²) < 4.78 is 13.1. The highest BCUT2D eigenvalue weighted by Gasteiger charge is 2.39. The molecule has 0 saturated carbocycles. The summed E-state index contributed by atoms with van der Waals surface area (Å²) in [6.07, 6.45) is 0. The molecule has 0 N–H and O–H groups in total. The summed E-state index contributed by atoms with van der Waals surface area (Å²) in [6, 6.07) is 67.4. The molecule has 9 aromatic rings. The predicted molar refractivity (Wildman–Crippen MR) is 221 cm³/mol. The van der Waals surface area contributed by atoms with E-state index in [2.05, 4.69) is 170 Å². The van der Waals surface area contributed by atoms with Crippen LogP contribution in [0.3, 0.4) is 0 Å². The Hall–Kier alpha value is -6.84. The van der Waals surface area contributed by atoms with Gasteiger partial charge in [-0.15, -0.1) is 0 Å². The fraction of sp³-hybridized carbons (Fsp3) is 0. The molecule has 246 valence electrons. The van der Waals surface area contributed by atoms with Gasteiger partial charge in [0.25, 0.3) is 6.71 Å². The molecule has 0 unspecified atom stereocenters. The highest BCUT2D eigenvalue weighted by Crippen LogP contribution is 2.47. The first-order valence-corrected chi connectivity index (χ1v) is 18.2. The zero-order chi connectivity index (χ0) is 34.9. The number of hydrogen-bond acceptors (Lipinski definition) is 2. The van der Waals surface area contributed by atoms with Crippen LogP contribution in [0.5, 0.6) is 23.0 Å². The van der Waals surface area contributed by atoms with Crippen LogP contribution in [-0.4, -0.2) is 6.71 Å². The molecule has 0 aliphatic carbocycles. The number of para-hydroxylation sites is 1. The third-order valence-corrected chi connectivity index (χ3v) is 11.0. The first kappa shape index (κ1) is 29.9. The van der Waals surface area contributed by atoms with E-state index >= 15 is 0 Å². The molecule has 2 aliphatic heterocycles. The summed E-state index contributed by atoms with van der Waals surface area (Å²) in [5, 5.41) is 4.93. The van der Waals surface area contributed by atoms with E-state index in [0.29, 0.717) is 0 Å². The van der Waals surface area contributed by atoms with Crippen LogP contribution in [0.1, 0.15) is 0 Å². The van der Waals surface area contributed by atoms with Gasteiger partial charge in [-0.25, -0.2) is 0 Å². The van der Waals surface area contributed by atoms with Crippen LogP contribution in [0, 0.1) is 0 Å². The number of rotatable bonds is 4. The molecule has 0 atom stereocenters. The van der Waals surface area contributed by atoms with E-state index in [1.807, 2.05) is 18.2 Å². The molecule has 0 amide bonds. The van der Waals surface area contributed by atoms with Crippen LogP contribution in [0.4, 0.5) is 0 Å². The van der Waals surface area contributed by atoms with Crippen molar-refractivity contribution in [1.82, 2.24) is 0 Å². The van der Waals surface area contributed by atoms with Crippen molar-refractivity contribution >= 4 is 44.6 Å². The second kappa shape index (κ2) is 11.9. The quantitative estimate of drug-likeness (QED) is 0.137. The number of benzene rings is 9. The van der Waals surface area contributed by atoms with Gasteiger partial charge in [-0.1, -0.05) is 158 Å². The second-order valence-electron chi connectivity index (χ2n) is 13.9. The maximum Gasteiger partial charge on any atom is 0.260 e. The van der Waals surface area contributed by atoms with Gasteiger partial charge in [-0.2, -0.15) is 0 Å². The molecule has 0 aromatic heterocycles. The van der Waals surface area contributed by atoms with E-state index in [0.717, 1.165) is 44.9 Å². The van der Waals surface area contributed by atoms with Gasteiger partial charge in [-0.05, 0) is 107 Å². The predicted octanol–water partition coefficient (Wildman–Crippen LogP) is 11.4. The Morgan fingerprint density at radius 3 is 1.58 bits per heavy atom. The molecule has 2 aliphatic rings. The summed E-state index contributed by atoms with van der Waals surface area (Å²) in [4.78, 5) is 0. The first-order valence-electron chi connectivity index (χ1n) is 18.2. The van der Waals surface area contributed by atoms with E-state index < -0.39 is 0 Å². The van der Waals surface area contributed by atoms with Crippen LogP contribution >= 0.6 is 0 Å². The monoisotopic (exact) mass is 674 g/mol. The fourth-order valence-corrected chi connectivity index (χ4v) is 8.71. The molecule has 53 heavy (non-hydrogen) atoms. The van der Waals surface area contributed by atoms with Crippen molar-refractivity contribution < 1.29 is 9.47 Å². The van der Waals surface area contributed by atoms with Gasteiger partial charge in [-0.3, -0.25) is 0 Å². The third-order valence-electron chi connectivity index (χ3n) is 11.0. The Balaban J connectivity index is 1.11. The van der Waals surface area contributed by atoms with Crippen molar-refractivity contribution in [3.63, 3.8) is 0 Å². The van der Waals surface area contributed by atoms with Gasteiger partial charge in [0, 0.05) is 5.46 Å². The van der Waals surface area contributed by atoms with E-state index in [4.69, 9.17) is 9.47 Å². The highest BCUT2D eigenvalue weighted by molar-refractivity contribution is 6.98. The van der Waals surface area contributed by atoms with Crippen LogP contribution in [-0.2, 0) is 0 Å². The molecule has 2 nitrogen and oxygen atoms in total. The van der Waals surface area contributed by atoms with E-state index in [9.17, 15) is 0 Å². The van der Waals surface area contributed by atoms with Gasteiger partial charge in [0.1, 0.15) is 23.0 Å². The summed E-state index contributed by atoms with van der Waals surface area (Å²) >= 11 is 0. The maximum atomic E-state index is 6.71. The van der Waals surface area contributed by atoms with Crippen LogP contribution in [0.2, 0.25) is 0 Å². The molecule has 9 aromatic carbocycles. The van der Waals surface area contributed by atoms with Gasteiger partial charge < -0.3 is 9.47 Å². The lowest BCUT2D eigenvalue weighted by atomic mass is 9.35. The van der Waals surface area contributed by atoms with Gasteiger partial charge in [0.2, 0.25) is 0 Å². The molecule has 0 spiro atoms. The lowest BCUT2D eigenvalue weighted by Crippen LogP contribution is -2.57.